The highest BCUT2D eigenvalue weighted by Crippen LogP contribution is 2.22. The Kier molecular flexibility index (Phi) is 2.41. The molecule has 0 aliphatic heterocycles. The second-order valence-corrected chi connectivity index (χ2v) is 3.01. The number of hydrogen-bond donors (Lipinski definition) is 3. The highest BCUT2D eigenvalue weighted by molar-refractivity contribution is 5.91. The number of hydrogen-bond acceptors (Lipinski definition) is 2. The average Bonchev–Trinajstić information content (AvgIpc) is 1.99. The molecule has 0 radical (unpaired) electrons. The SMILES string of the molecule is Cc1cc(N)c(NC(N)=O)cc1C. The summed E-state index contributed by atoms with van der Waals surface area (Å²) in [6, 6.07) is 3.01. The molecule has 0 aromatic heterocycles. The van der Waals surface area contributed by atoms with Gasteiger partial charge >= 0.3 is 6.03 Å². The van der Waals surface area contributed by atoms with E-state index in [0.29, 0.717) is 11.4 Å². The Hall–Kier alpha value is -1.71. The summed E-state index contributed by atoms with van der Waals surface area (Å²) < 4.78 is 0. The molecule has 1 rings (SSSR count). The predicted octanol–water partition coefficient (Wildman–Crippen LogP) is 1.38. The van der Waals surface area contributed by atoms with Crippen LogP contribution in [0, 0.1) is 13.8 Å². The van der Waals surface area contributed by atoms with Gasteiger partial charge in [0, 0.05) is 0 Å². The molecule has 0 aliphatic rings. The zero-order valence-electron chi connectivity index (χ0n) is 7.72. The van der Waals surface area contributed by atoms with Crippen LogP contribution in [0.1, 0.15) is 11.1 Å². The fourth-order valence-electron chi connectivity index (χ4n) is 1.08. The third-order valence-corrected chi connectivity index (χ3v) is 1.92. The highest BCUT2D eigenvalue weighted by Gasteiger charge is 2.03. The van der Waals surface area contributed by atoms with E-state index in [2.05, 4.69) is 5.32 Å². The zero-order chi connectivity index (χ0) is 10.0. The van der Waals surface area contributed by atoms with Crippen LogP contribution < -0.4 is 16.8 Å². The van der Waals surface area contributed by atoms with Gasteiger partial charge < -0.3 is 16.8 Å². The van der Waals surface area contributed by atoms with Gasteiger partial charge in [-0.1, -0.05) is 0 Å². The van der Waals surface area contributed by atoms with E-state index in [-0.39, 0.29) is 0 Å². The molecule has 0 bridgehead atoms. The molecular formula is C9H13N3O. The normalized spacial score (nSPS) is 9.69. The number of nitrogen functional groups attached to an aromatic ring is 1. The van der Waals surface area contributed by atoms with Crippen LogP contribution in [0.3, 0.4) is 0 Å². The van der Waals surface area contributed by atoms with Crippen LogP contribution in [0.25, 0.3) is 0 Å². The molecule has 5 N–H and O–H groups in total. The molecule has 0 saturated heterocycles. The molecule has 0 heterocycles. The first-order valence-electron chi connectivity index (χ1n) is 3.94. The third-order valence-electron chi connectivity index (χ3n) is 1.92. The van der Waals surface area contributed by atoms with Gasteiger partial charge in [0.15, 0.2) is 0 Å². The number of anilines is 2. The molecule has 0 saturated carbocycles. The Labute approximate surface area is 76.9 Å². The van der Waals surface area contributed by atoms with Gasteiger partial charge in [-0.05, 0) is 37.1 Å². The topological polar surface area (TPSA) is 81.1 Å². The lowest BCUT2D eigenvalue weighted by Crippen LogP contribution is -2.20. The first-order valence-corrected chi connectivity index (χ1v) is 3.94. The summed E-state index contributed by atoms with van der Waals surface area (Å²) in [7, 11) is 0. The number of rotatable bonds is 1. The monoisotopic (exact) mass is 179 g/mol. The maximum Gasteiger partial charge on any atom is 0.316 e. The lowest BCUT2D eigenvalue weighted by atomic mass is 10.1. The zero-order valence-corrected chi connectivity index (χ0v) is 7.72. The minimum Gasteiger partial charge on any atom is -0.397 e. The first-order chi connectivity index (χ1) is 6.00. The number of nitrogens with two attached hydrogens (primary N) is 2. The van der Waals surface area contributed by atoms with Crippen LogP contribution in [0.2, 0.25) is 0 Å². The molecular weight excluding hydrogens is 166 g/mol. The number of benzene rings is 1. The van der Waals surface area contributed by atoms with Crippen molar-refractivity contribution >= 4 is 17.4 Å². The molecule has 0 spiro atoms. The van der Waals surface area contributed by atoms with E-state index in [9.17, 15) is 4.79 Å². The standard InChI is InChI=1S/C9H13N3O/c1-5-3-7(10)8(4-6(5)2)12-9(11)13/h3-4H,10H2,1-2H3,(H3,11,12,13). The summed E-state index contributed by atoms with van der Waals surface area (Å²) in [6.45, 7) is 3.90. The number of urea groups is 1. The van der Waals surface area contributed by atoms with Crippen molar-refractivity contribution in [2.45, 2.75) is 13.8 Å². The Morgan fingerprint density at radius 2 is 1.85 bits per heavy atom. The maximum atomic E-state index is 10.6. The van der Waals surface area contributed by atoms with E-state index < -0.39 is 6.03 Å². The molecule has 0 atom stereocenters. The van der Waals surface area contributed by atoms with Crippen molar-refractivity contribution < 1.29 is 4.79 Å². The highest BCUT2D eigenvalue weighted by atomic mass is 16.2. The smallest absolute Gasteiger partial charge is 0.316 e. The number of carbonyl (C=O) groups excluding carboxylic acids is 1. The summed E-state index contributed by atoms with van der Waals surface area (Å²) in [6.07, 6.45) is 0. The van der Waals surface area contributed by atoms with Crippen molar-refractivity contribution in [1.29, 1.82) is 0 Å². The summed E-state index contributed by atoms with van der Waals surface area (Å²) in [5, 5.41) is 2.45. The minimum absolute atomic E-state index is 0.530. The molecule has 0 fully saturated rings. The van der Waals surface area contributed by atoms with Crippen molar-refractivity contribution in [3.63, 3.8) is 0 Å². The fourth-order valence-corrected chi connectivity index (χ4v) is 1.08. The molecule has 4 nitrogen and oxygen atoms in total. The number of nitrogens with one attached hydrogen (secondary N) is 1. The van der Waals surface area contributed by atoms with Crippen molar-refractivity contribution in [2.24, 2.45) is 5.73 Å². The predicted molar refractivity (Wildman–Crippen MR) is 53.5 cm³/mol. The summed E-state index contributed by atoms with van der Waals surface area (Å²) >= 11 is 0. The van der Waals surface area contributed by atoms with Crippen LogP contribution in [-0.2, 0) is 0 Å². The van der Waals surface area contributed by atoms with E-state index in [4.69, 9.17) is 11.5 Å². The van der Waals surface area contributed by atoms with Gasteiger partial charge in [0.1, 0.15) is 0 Å². The average molecular weight is 179 g/mol. The van der Waals surface area contributed by atoms with Gasteiger partial charge in [0.2, 0.25) is 0 Å². The molecule has 4 heteroatoms. The molecule has 70 valence electrons. The molecule has 1 aromatic rings. The van der Waals surface area contributed by atoms with Crippen LogP contribution in [0.15, 0.2) is 12.1 Å². The van der Waals surface area contributed by atoms with Crippen LogP contribution in [-0.4, -0.2) is 6.03 Å². The Morgan fingerprint density at radius 3 is 2.38 bits per heavy atom. The molecule has 2 amide bonds. The van der Waals surface area contributed by atoms with Gasteiger partial charge in [-0.15, -0.1) is 0 Å². The largest absolute Gasteiger partial charge is 0.397 e. The molecule has 0 aliphatic carbocycles. The third kappa shape index (κ3) is 2.11. The van der Waals surface area contributed by atoms with Crippen molar-refractivity contribution in [3.8, 4) is 0 Å². The number of aryl methyl sites for hydroxylation is 2. The van der Waals surface area contributed by atoms with E-state index >= 15 is 0 Å². The lowest BCUT2D eigenvalue weighted by molar-refractivity contribution is 0.259. The second kappa shape index (κ2) is 3.35. The van der Waals surface area contributed by atoms with Gasteiger partial charge in [-0.3, -0.25) is 0 Å². The van der Waals surface area contributed by atoms with Gasteiger partial charge in [-0.2, -0.15) is 0 Å². The summed E-state index contributed by atoms with van der Waals surface area (Å²) in [4.78, 5) is 10.6. The Balaban J connectivity index is 3.08. The second-order valence-electron chi connectivity index (χ2n) is 3.01. The summed E-state index contributed by atoms with van der Waals surface area (Å²) in [5.41, 5.74) is 13.9. The quantitative estimate of drug-likeness (QED) is 0.569. The Bertz CT molecular complexity index is 347. The van der Waals surface area contributed by atoms with Crippen molar-refractivity contribution in [1.82, 2.24) is 0 Å². The summed E-state index contributed by atoms with van der Waals surface area (Å²) in [5.74, 6) is 0. The van der Waals surface area contributed by atoms with Crippen molar-refractivity contribution in [3.05, 3.63) is 23.3 Å². The van der Waals surface area contributed by atoms with Gasteiger partial charge in [-0.25, -0.2) is 4.79 Å². The fraction of sp³-hybridized carbons (Fsp3) is 0.222. The van der Waals surface area contributed by atoms with E-state index in [1.807, 2.05) is 13.8 Å². The molecule has 0 unspecified atom stereocenters. The molecule has 13 heavy (non-hydrogen) atoms. The molecule has 1 aromatic carbocycles. The van der Waals surface area contributed by atoms with E-state index in [1.165, 1.54) is 0 Å². The van der Waals surface area contributed by atoms with Crippen LogP contribution in [0.5, 0.6) is 0 Å². The van der Waals surface area contributed by atoms with E-state index in [1.54, 1.807) is 12.1 Å². The lowest BCUT2D eigenvalue weighted by Gasteiger charge is -2.08. The van der Waals surface area contributed by atoms with Gasteiger partial charge in [0.05, 0.1) is 11.4 Å². The minimum atomic E-state index is -0.602. The Morgan fingerprint density at radius 1 is 1.31 bits per heavy atom. The van der Waals surface area contributed by atoms with Crippen LogP contribution >= 0.6 is 0 Å². The first kappa shape index (κ1) is 9.38. The van der Waals surface area contributed by atoms with E-state index in [0.717, 1.165) is 11.1 Å². The number of carbonyl (C=O) groups is 1. The van der Waals surface area contributed by atoms with Crippen LogP contribution in [0.4, 0.5) is 16.2 Å². The maximum absolute atomic E-state index is 10.6. The van der Waals surface area contributed by atoms with Crippen molar-refractivity contribution in [2.75, 3.05) is 11.1 Å². The number of primary amides is 1. The van der Waals surface area contributed by atoms with Gasteiger partial charge in [0.25, 0.3) is 0 Å². The number of amides is 2.